The Kier molecular flexibility index (Phi) is 4.93. The average molecular weight is 220 g/mol. The maximum absolute atomic E-state index is 6.93. The number of ether oxygens (including phenoxy) is 1. The molecular weight excluding hydrogens is 204 g/mol. The molecule has 0 fully saturated rings. The van der Waals surface area contributed by atoms with E-state index in [0.29, 0.717) is 12.3 Å². The van der Waals surface area contributed by atoms with Crippen LogP contribution in [0.4, 0.5) is 5.69 Å². The van der Waals surface area contributed by atoms with E-state index in [1.54, 1.807) is 12.1 Å². The van der Waals surface area contributed by atoms with Crippen LogP contribution in [0.15, 0.2) is 24.3 Å². The normalized spacial score (nSPS) is 12.4. The standard InChI is InChI=1S/C12H16N2O2/c1-9(2)15-8-12(16-13)10-5-4-6-11(7-10)14-3/h4-7,9,12H,8,13H2,1-2H3. The molecule has 1 unspecified atom stereocenters. The Morgan fingerprint density at radius 1 is 1.44 bits per heavy atom. The van der Waals surface area contributed by atoms with Crippen LogP contribution in [-0.4, -0.2) is 12.7 Å². The van der Waals surface area contributed by atoms with Gasteiger partial charge in [0.2, 0.25) is 0 Å². The van der Waals surface area contributed by atoms with Gasteiger partial charge in [-0.15, -0.1) is 0 Å². The molecule has 0 saturated heterocycles. The van der Waals surface area contributed by atoms with Crippen molar-refractivity contribution in [2.45, 2.75) is 26.1 Å². The second-order valence-corrected chi connectivity index (χ2v) is 3.71. The average Bonchev–Trinajstić information content (AvgIpc) is 2.30. The first-order valence-electron chi connectivity index (χ1n) is 5.12. The van der Waals surface area contributed by atoms with E-state index in [9.17, 15) is 0 Å². The Morgan fingerprint density at radius 2 is 2.19 bits per heavy atom. The third-order valence-electron chi connectivity index (χ3n) is 2.12. The Morgan fingerprint density at radius 3 is 2.75 bits per heavy atom. The lowest BCUT2D eigenvalue weighted by molar-refractivity contribution is -0.0379. The molecule has 0 aromatic heterocycles. The van der Waals surface area contributed by atoms with E-state index in [-0.39, 0.29) is 12.2 Å². The van der Waals surface area contributed by atoms with Gasteiger partial charge in [0.05, 0.1) is 19.3 Å². The number of rotatable bonds is 5. The molecule has 4 heteroatoms. The molecule has 0 amide bonds. The van der Waals surface area contributed by atoms with Crippen LogP contribution in [0.5, 0.6) is 0 Å². The highest BCUT2D eigenvalue weighted by molar-refractivity contribution is 5.47. The van der Waals surface area contributed by atoms with Gasteiger partial charge in [0, 0.05) is 0 Å². The largest absolute Gasteiger partial charge is 0.376 e. The smallest absolute Gasteiger partial charge is 0.187 e. The second-order valence-electron chi connectivity index (χ2n) is 3.71. The van der Waals surface area contributed by atoms with Crippen LogP contribution in [0, 0.1) is 6.57 Å². The van der Waals surface area contributed by atoms with Crippen molar-refractivity contribution in [3.63, 3.8) is 0 Å². The van der Waals surface area contributed by atoms with E-state index >= 15 is 0 Å². The molecule has 1 atom stereocenters. The van der Waals surface area contributed by atoms with Crippen molar-refractivity contribution in [2.24, 2.45) is 5.90 Å². The van der Waals surface area contributed by atoms with Gasteiger partial charge in [-0.25, -0.2) is 10.7 Å². The van der Waals surface area contributed by atoms with E-state index in [1.807, 2.05) is 26.0 Å². The van der Waals surface area contributed by atoms with Gasteiger partial charge in [0.15, 0.2) is 5.69 Å². The maximum Gasteiger partial charge on any atom is 0.187 e. The molecule has 1 aromatic carbocycles. The summed E-state index contributed by atoms with van der Waals surface area (Å²) in [7, 11) is 0. The van der Waals surface area contributed by atoms with Gasteiger partial charge in [0.1, 0.15) is 6.10 Å². The molecule has 0 bridgehead atoms. The monoisotopic (exact) mass is 220 g/mol. The van der Waals surface area contributed by atoms with Crippen LogP contribution in [0.25, 0.3) is 4.85 Å². The first-order valence-corrected chi connectivity index (χ1v) is 5.12. The molecule has 1 aromatic rings. The van der Waals surface area contributed by atoms with E-state index in [1.165, 1.54) is 0 Å². The molecule has 0 heterocycles. The van der Waals surface area contributed by atoms with E-state index in [2.05, 4.69) is 4.85 Å². The van der Waals surface area contributed by atoms with Crippen molar-refractivity contribution in [1.29, 1.82) is 0 Å². The minimum atomic E-state index is -0.330. The predicted octanol–water partition coefficient (Wildman–Crippen LogP) is 2.59. The zero-order chi connectivity index (χ0) is 12.0. The van der Waals surface area contributed by atoms with Gasteiger partial charge in [-0.1, -0.05) is 24.3 Å². The Hall–Kier alpha value is -1.41. The van der Waals surface area contributed by atoms with E-state index < -0.39 is 0 Å². The number of benzene rings is 1. The lowest BCUT2D eigenvalue weighted by atomic mass is 10.1. The summed E-state index contributed by atoms with van der Waals surface area (Å²) < 4.78 is 5.44. The molecule has 0 spiro atoms. The molecule has 16 heavy (non-hydrogen) atoms. The highest BCUT2D eigenvalue weighted by Gasteiger charge is 2.12. The highest BCUT2D eigenvalue weighted by Crippen LogP contribution is 2.21. The fraction of sp³-hybridized carbons (Fsp3) is 0.417. The molecule has 2 N–H and O–H groups in total. The lowest BCUT2D eigenvalue weighted by Gasteiger charge is -2.17. The van der Waals surface area contributed by atoms with Crippen LogP contribution in [0.1, 0.15) is 25.5 Å². The summed E-state index contributed by atoms with van der Waals surface area (Å²) in [5.74, 6) is 5.23. The molecule has 86 valence electrons. The maximum atomic E-state index is 6.93. The third kappa shape index (κ3) is 3.63. The van der Waals surface area contributed by atoms with Gasteiger partial charge in [-0.05, 0) is 19.4 Å². The minimum Gasteiger partial charge on any atom is -0.376 e. The third-order valence-corrected chi connectivity index (χ3v) is 2.12. The highest BCUT2D eigenvalue weighted by atomic mass is 16.6. The lowest BCUT2D eigenvalue weighted by Crippen LogP contribution is -2.17. The fourth-order valence-corrected chi connectivity index (χ4v) is 1.29. The molecule has 0 radical (unpaired) electrons. The number of hydrogen-bond acceptors (Lipinski definition) is 3. The summed E-state index contributed by atoms with van der Waals surface area (Å²) in [6.07, 6.45) is -0.203. The van der Waals surface area contributed by atoms with Crippen LogP contribution < -0.4 is 5.90 Å². The Labute approximate surface area is 95.7 Å². The van der Waals surface area contributed by atoms with Crippen molar-refractivity contribution in [2.75, 3.05) is 6.61 Å². The van der Waals surface area contributed by atoms with E-state index in [4.69, 9.17) is 22.0 Å². The Balaban J connectivity index is 2.75. The van der Waals surface area contributed by atoms with Crippen LogP contribution >= 0.6 is 0 Å². The molecule has 0 aliphatic rings. The van der Waals surface area contributed by atoms with Gasteiger partial charge in [0.25, 0.3) is 0 Å². The van der Waals surface area contributed by atoms with E-state index in [0.717, 1.165) is 5.56 Å². The summed E-state index contributed by atoms with van der Waals surface area (Å²) in [5, 5.41) is 0. The summed E-state index contributed by atoms with van der Waals surface area (Å²) >= 11 is 0. The summed E-state index contributed by atoms with van der Waals surface area (Å²) in [6.45, 7) is 11.2. The minimum absolute atomic E-state index is 0.127. The molecule has 0 aliphatic heterocycles. The molecule has 0 saturated carbocycles. The van der Waals surface area contributed by atoms with Crippen molar-refractivity contribution in [3.05, 3.63) is 41.2 Å². The molecule has 4 nitrogen and oxygen atoms in total. The zero-order valence-electron chi connectivity index (χ0n) is 9.51. The molecular formula is C12H16N2O2. The number of nitrogens with zero attached hydrogens (tertiary/aromatic N) is 1. The first-order chi connectivity index (χ1) is 7.67. The number of nitrogens with two attached hydrogens (primary N) is 1. The van der Waals surface area contributed by atoms with Gasteiger partial charge < -0.3 is 4.74 Å². The predicted molar refractivity (Wildman–Crippen MR) is 61.8 cm³/mol. The van der Waals surface area contributed by atoms with Crippen LogP contribution in [0.2, 0.25) is 0 Å². The molecule has 0 aliphatic carbocycles. The van der Waals surface area contributed by atoms with Crippen molar-refractivity contribution in [1.82, 2.24) is 0 Å². The van der Waals surface area contributed by atoms with Gasteiger partial charge in [-0.2, -0.15) is 0 Å². The Bertz CT molecular complexity index is 372. The van der Waals surface area contributed by atoms with Gasteiger partial charge >= 0.3 is 0 Å². The SMILES string of the molecule is [C-]#[N+]c1cccc(C(COC(C)C)ON)c1. The fourth-order valence-electron chi connectivity index (χ4n) is 1.29. The van der Waals surface area contributed by atoms with Crippen molar-refractivity contribution >= 4 is 5.69 Å². The quantitative estimate of drug-likeness (QED) is 0.613. The summed E-state index contributed by atoms with van der Waals surface area (Å²) in [4.78, 5) is 8.21. The van der Waals surface area contributed by atoms with Gasteiger partial charge in [-0.3, -0.25) is 4.84 Å². The molecule has 1 rings (SSSR count). The topological polar surface area (TPSA) is 48.8 Å². The van der Waals surface area contributed by atoms with Crippen LogP contribution in [0.3, 0.4) is 0 Å². The van der Waals surface area contributed by atoms with Crippen LogP contribution in [-0.2, 0) is 9.57 Å². The van der Waals surface area contributed by atoms with Crippen molar-refractivity contribution in [3.8, 4) is 0 Å². The number of hydrogen-bond donors (Lipinski definition) is 1. The zero-order valence-corrected chi connectivity index (χ0v) is 9.51. The summed E-state index contributed by atoms with van der Waals surface area (Å²) in [6, 6.07) is 7.18. The summed E-state index contributed by atoms with van der Waals surface area (Å²) in [5.41, 5.74) is 1.43. The van der Waals surface area contributed by atoms with Crippen molar-refractivity contribution < 1.29 is 9.57 Å². The first kappa shape index (κ1) is 12.7. The second kappa shape index (κ2) is 6.23.